The molecule has 3 heteroatoms. The molecular formula is C22H27NO2. The van der Waals surface area contributed by atoms with E-state index in [1.165, 1.54) is 22.3 Å². The van der Waals surface area contributed by atoms with Crippen LogP contribution in [0.25, 0.3) is 0 Å². The molecule has 132 valence electrons. The molecule has 1 fully saturated rings. The highest BCUT2D eigenvalue weighted by atomic mass is 16.3. The normalized spacial score (nSPS) is 15.4. The van der Waals surface area contributed by atoms with Crippen LogP contribution in [0.1, 0.15) is 47.4 Å². The summed E-state index contributed by atoms with van der Waals surface area (Å²) < 4.78 is 0. The summed E-state index contributed by atoms with van der Waals surface area (Å²) in [5, 5.41) is 9.40. The summed E-state index contributed by atoms with van der Waals surface area (Å²) in [6.07, 6.45) is 3.41. The van der Waals surface area contributed by atoms with Gasteiger partial charge in [0.15, 0.2) is 0 Å². The fraction of sp³-hybridized carbons (Fsp3) is 0.409. The molecule has 0 radical (unpaired) electrons. The number of hydrogen-bond donors (Lipinski definition) is 1. The van der Waals surface area contributed by atoms with Crippen molar-refractivity contribution in [2.75, 3.05) is 13.1 Å². The molecule has 1 saturated heterocycles. The number of aryl methyl sites for hydroxylation is 3. The van der Waals surface area contributed by atoms with Gasteiger partial charge in [0.25, 0.3) is 0 Å². The van der Waals surface area contributed by atoms with Crippen LogP contribution in [0.2, 0.25) is 0 Å². The second-order valence-corrected chi connectivity index (χ2v) is 7.18. The smallest absolute Gasteiger partial charge is 0.222 e. The summed E-state index contributed by atoms with van der Waals surface area (Å²) in [6, 6.07) is 13.9. The van der Waals surface area contributed by atoms with Gasteiger partial charge in [-0.3, -0.25) is 4.79 Å². The number of hydrogen-bond acceptors (Lipinski definition) is 2. The lowest BCUT2D eigenvalue weighted by molar-refractivity contribution is -0.132. The van der Waals surface area contributed by atoms with Crippen molar-refractivity contribution >= 4 is 5.91 Å². The van der Waals surface area contributed by atoms with Crippen molar-refractivity contribution in [3.05, 3.63) is 64.7 Å². The second-order valence-electron chi connectivity index (χ2n) is 7.18. The van der Waals surface area contributed by atoms with Crippen molar-refractivity contribution in [3.63, 3.8) is 0 Å². The monoisotopic (exact) mass is 337 g/mol. The largest absolute Gasteiger partial charge is 0.508 e. The number of nitrogens with zero attached hydrogens (tertiary/aromatic N) is 1. The highest BCUT2D eigenvalue weighted by Gasteiger charge is 2.23. The van der Waals surface area contributed by atoms with Crippen LogP contribution < -0.4 is 0 Å². The molecule has 1 aliphatic heterocycles. The molecule has 0 spiro atoms. The van der Waals surface area contributed by atoms with Gasteiger partial charge in [0.05, 0.1) is 0 Å². The SMILES string of the molecule is Cc1ccc(CCC(=O)N2CCC(c3ccc(O)cc3)CC2)c(C)c1. The minimum Gasteiger partial charge on any atom is -0.508 e. The maximum atomic E-state index is 12.5. The molecule has 3 rings (SSSR count). The van der Waals surface area contributed by atoms with Crippen LogP contribution in [-0.4, -0.2) is 29.0 Å². The Labute approximate surface area is 150 Å². The van der Waals surface area contributed by atoms with E-state index in [4.69, 9.17) is 0 Å². The van der Waals surface area contributed by atoms with Gasteiger partial charge in [-0.1, -0.05) is 35.9 Å². The third-order valence-electron chi connectivity index (χ3n) is 5.32. The van der Waals surface area contributed by atoms with Gasteiger partial charge in [0.2, 0.25) is 5.91 Å². The third kappa shape index (κ3) is 4.41. The van der Waals surface area contributed by atoms with Gasteiger partial charge in [-0.25, -0.2) is 0 Å². The molecule has 1 heterocycles. The van der Waals surface area contributed by atoms with Crippen LogP contribution >= 0.6 is 0 Å². The summed E-state index contributed by atoms with van der Waals surface area (Å²) in [5.74, 6) is 1.07. The molecule has 2 aromatic carbocycles. The Hall–Kier alpha value is -2.29. The van der Waals surface area contributed by atoms with Gasteiger partial charge in [-0.2, -0.15) is 0 Å². The summed E-state index contributed by atoms with van der Waals surface area (Å²) >= 11 is 0. The number of likely N-dealkylation sites (tertiary alicyclic amines) is 1. The van der Waals surface area contributed by atoms with E-state index in [2.05, 4.69) is 32.0 Å². The van der Waals surface area contributed by atoms with E-state index in [1.54, 1.807) is 12.1 Å². The Balaban J connectivity index is 1.50. The number of phenols is 1. The van der Waals surface area contributed by atoms with E-state index in [0.29, 0.717) is 18.1 Å². The molecule has 1 aliphatic rings. The fourth-order valence-electron chi connectivity index (χ4n) is 3.73. The van der Waals surface area contributed by atoms with Gasteiger partial charge in [0.1, 0.15) is 5.75 Å². The highest BCUT2D eigenvalue weighted by molar-refractivity contribution is 5.76. The quantitative estimate of drug-likeness (QED) is 0.901. The first kappa shape index (κ1) is 17.5. The van der Waals surface area contributed by atoms with Gasteiger partial charge < -0.3 is 10.0 Å². The molecule has 1 N–H and O–H groups in total. The lowest BCUT2D eigenvalue weighted by atomic mass is 9.89. The predicted molar refractivity (Wildman–Crippen MR) is 101 cm³/mol. The van der Waals surface area contributed by atoms with E-state index in [1.807, 2.05) is 17.0 Å². The van der Waals surface area contributed by atoms with Crippen molar-refractivity contribution in [1.82, 2.24) is 4.90 Å². The number of aromatic hydroxyl groups is 1. The summed E-state index contributed by atoms with van der Waals surface area (Å²) in [7, 11) is 0. The van der Waals surface area contributed by atoms with E-state index in [0.717, 1.165) is 32.4 Å². The summed E-state index contributed by atoms with van der Waals surface area (Å²) in [5.41, 5.74) is 5.08. The van der Waals surface area contributed by atoms with Crippen molar-refractivity contribution in [1.29, 1.82) is 0 Å². The minimum atomic E-state index is 0.268. The zero-order chi connectivity index (χ0) is 17.8. The van der Waals surface area contributed by atoms with Crippen LogP contribution in [0.4, 0.5) is 0 Å². The minimum absolute atomic E-state index is 0.268. The van der Waals surface area contributed by atoms with Gasteiger partial charge in [-0.05, 0) is 67.9 Å². The van der Waals surface area contributed by atoms with Crippen LogP contribution in [-0.2, 0) is 11.2 Å². The topological polar surface area (TPSA) is 40.5 Å². The Morgan fingerprint density at radius 2 is 1.76 bits per heavy atom. The Bertz CT molecular complexity index is 728. The third-order valence-corrected chi connectivity index (χ3v) is 5.32. The molecule has 0 aromatic heterocycles. The van der Waals surface area contributed by atoms with E-state index < -0.39 is 0 Å². The fourth-order valence-corrected chi connectivity index (χ4v) is 3.73. The van der Waals surface area contributed by atoms with Crippen molar-refractivity contribution in [3.8, 4) is 5.75 Å². The molecule has 3 nitrogen and oxygen atoms in total. The van der Waals surface area contributed by atoms with E-state index in [9.17, 15) is 9.90 Å². The maximum Gasteiger partial charge on any atom is 0.222 e. The lowest BCUT2D eigenvalue weighted by Crippen LogP contribution is -2.38. The first-order chi connectivity index (χ1) is 12.0. The Morgan fingerprint density at radius 1 is 1.08 bits per heavy atom. The molecular weight excluding hydrogens is 310 g/mol. The standard InChI is InChI=1S/C22H27NO2/c1-16-3-4-18(17(2)15-16)7-10-22(25)23-13-11-20(12-14-23)19-5-8-21(24)9-6-19/h3-6,8-9,15,20,24H,7,10-14H2,1-2H3. The first-order valence-electron chi connectivity index (χ1n) is 9.16. The van der Waals surface area contributed by atoms with Crippen LogP contribution in [0.3, 0.4) is 0 Å². The number of amides is 1. The number of carbonyl (C=O) groups is 1. The predicted octanol–water partition coefficient (Wildman–Crippen LogP) is 4.35. The average Bonchev–Trinajstić information content (AvgIpc) is 2.61. The number of piperidine rings is 1. The molecule has 25 heavy (non-hydrogen) atoms. The number of benzene rings is 2. The molecule has 0 unspecified atom stereocenters. The number of carbonyl (C=O) groups excluding carboxylic acids is 1. The molecule has 0 aliphatic carbocycles. The van der Waals surface area contributed by atoms with Gasteiger partial charge in [0, 0.05) is 19.5 Å². The average molecular weight is 337 g/mol. The van der Waals surface area contributed by atoms with Crippen molar-refractivity contribution < 1.29 is 9.90 Å². The Morgan fingerprint density at radius 3 is 2.40 bits per heavy atom. The number of phenolic OH excluding ortho intramolecular Hbond substituents is 1. The summed E-state index contributed by atoms with van der Waals surface area (Å²) in [4.78, 5) is 14.5. The molecule has 1 amide bonds. The van der Waals surface area contributed by atoms with E-state index >= 15 is 0 Å². The zero-order valence-corrected chi connectivity index (χ0v) is 15.2. The molecule has 0 saturated carbocycles. The molecule has 2 aromatic rings. The van der Waals surface area contributed by atoms with Gasteiger partial charge >= 0.3 is 0 Å². The second kappa shape index (κ2) is 7.73. The van der Waals surface area contributed by atoms with Crippen LogP contribution in [0, 0.1) is 13.8 Å². The lowest BCUT2D eigenvalue weighted by Gasteiger charge is -2.32. The first-order valence-corrected chi connectivity index (χ1v) is 9.16. The summed E-state index contributed by atoms with van der Waals surface area (Å²) in [6.45, 7) is 5.88. The number of rotatable bonds is 4. The highest BCUT2D eigenvalue weighted by Crippen LogP contribution is 2.29. The zero-order valence-electron chi connectivity index (χ0n) is 15.2. The molecule has 0 atom stereocenters. The van der Waals surface area contributed by atoms with Crippen molar-refractivity contribution in [2.24, 2.45) is 0 Å². The van der Waals surface area contributed by atoms with Crippen LogP contribution in [0.5, 0.6) is 5.75 Å². The van der Waals surface area contributed by atoms with Gasteiger partial charge in [-0.15, -0.1) is 0 Å². The van der Waals surface area contributed by atoms with E-state index in [-0.39, 0.29) is 5.91 Å². The maximum absolute atomic E-state index is 12.5. The molecule has 0 bridgehead atoms. The van der Waals surface area contributed by atoms with Crippen molar-refractivity contribution in [2.45, 2.75) is 45.4 Å². The van der Waals surface area contributed by atoms with Crippen LogP contribution in [0.15, 0.2) is 42.5 Å². The Kier molecular flexibility index (Phi) is 5.42.